The summed E-state index contributed by atoms with van der Waals surface area (Å²) in [5.41, 5.74) is 0.378. The van der Waals surface area contributed by atoms with Crippen LogP contribution in [0.4, 0.5) is 4.39 Å². The van der Waals surface area contributed by atoms with Crippen LogP contribution in [0.15, 0.2) is 18.2 Å². The van der Waals surface area contributed by atoms with Crippen LogP contribution in [0.5, 0.6) is 5.75 Å². The van der Waals surface area contributed by atoms with E-state index >= 15 is 0 Å². The number of halogens is 1. The Hall–Kier alpha value is -1.09. The molecule has 3 heteroatoms. The number of rotatable bonds is 4. The smallest absolute Gasteiger partial charge is 0.132 e. The highest BCUT2D eigenvalue weighted by Crippen LogP contribution is 2.38. The monoisotopic (exact) mass is 210 g/mol. The Kier molecular flexibility index (Phi) is 2.91. The van der Waals surface area contributed by atoms with Crippen LogP contribution in [0.1, 0.15) is 30.9 Å². The van der Waals surface area contributed by atoms with Gasteiger partial charge in [-0.1, -0.05) is 12.8 Å². The molecule has 2 rings (SSSR count). The van der Waals surface area contributed by atoms with Crippen molar-refractivity contribution in [1.82, 2.24) is 0 Å². The maximum atomic E-state index is 13.5. The van der Waals surface area contributed by atoms with Gasteiger partial charge in [-0.3, -0.25) is 0 Å². The summed E-state index contributed by atoms with van der Waals surface area (Å²) in [6.07, 6.45) is 2.32. The Balaban J connectivity index is 2.11. The summed E-state index contributed by atoms with van der Waals surface area (Å²) in [4.78, 5) is 0. The van der Waals surface area contributed by atoms with Crippen LogP contribution in [0.2, 0.25) is 0 Å². The van der Waals surface area contributed by atoms with Crippen LogP contribution in [-0.2, 0) is 0 Å². The molecule has 1 unspecified atom stereocenters. The van der Waals surface area contributed by atoms with Gasteiger partial charge in [-0.2, -0.15) is 0 Å². The first-order chi connectivity index (χ1) is 7.20. The van der Waals surface area contributed by atoms with E-state index in [9.17, 15) is 9.50 Å². The fourth-order valence-corrected chi connectivity index (χ4v) is 1.70. The van der Waals surface area contributed by atoms with E-state index in [1.807, 2.05) is 0 Å². The second-order valence-corrected chi connectivity index (χ2v) is 4.08. The first-order valence-electron chi connectivity index (χ1n) is 5.22. The van der Waals surface area contributed by atoms with Crippen molar-refractivity contribution in [3.05, 3.63) is 29.6 Å². The molecule has 0 aliphatic heterocycles. The lowest BCUT2D eigenvalue weighted by Gasteiger charge is -2.12. The summed E-state index contributed by atoms with van der Waals surface area (Å²) in [6, 6.07) is 4.58. The van der Waals surface area contributed by atoms with Gasteiger partial charge in [0.15, 0.2) is 0 Å². The highest BCUT2D eigenvalue weighted by Gasteiger charge is 2.26. The number of ether oxygens (including phenoxy) is 1. The summed E-state index contributed by atoms with van der Waals surface area (Å²) in [5.74, 6) is 0.680. The van der Waals surface area contributed by atoms with Gasteiger partial charge >= 0.3 is 0 Å². The van der Waals surface area contributed by atoms with Crippen molar-refractivity contribution in [3.8, 4) is 5.75 Å². The van der Waals surface area contributed by atoms with Crippen LogP contribution in [0.3, 0.4) is 0 Å². The maximum absolute atomic E-state index is 13.5. The fraction of sp³-hybridized carbons (Fsp3) is 0.500. The quantitative estimate of drug-likeness (QED) is 0.827. The molecule has 0 amide bonds. The molecular weight excluding hydrogens is 195 g/mol. The zero-order valence-electron chi connectivity index (χ0n) is 8.74. The second kappa shape index (κ2) is 4.19. The zero-order chi connectivity index (χ0) is 10.8. The third-order valence-electron chi connectivity index (χ3n) is 2.82. The zero-order valence-corrected chi connectivity index (χ0v) is 8.74. The van der Waals surface area contributed by atoms with E-state index in [1.54, 1.807) is 12.1 Å². The Morgan fingerprint density at radius 1 is 1.53 bits per heavy atom. The minimum Gasteiger partial charge on any atom is -0.497 e. The summed E-state index contributed by atoms with van der Waals surface area (Å²) in [5, 5.41) is 9.79. The molecular formula is C12H15FO2. The first kappa shape index (κ1) is 10.4. The van der Waals surface area contributed by atoms with Crippen molar-refractivity contribution in [3.63, 3.8) is 0 Å². The predicted molar refractivity (Wildman–Crippen MR) is 55.3 cm³/mol. The third-order valence-corrected chi connectivity index (χ3v) is 2.82. The minimum atomic E-state index is -0.677. The molecule has 15 heavy (non-hydrogen) atoms. The Bertz CT molecular complexity index is 347. The number of benzene rings is 1. The van der Waals surface area contributed by atoms with E-state index in [-0.39, 0.29) is 5.82 Å². The van der Waals surface area contributed by atoms with Gasteiger partial charge in [0.25, 0.3) is 0 Å². The molecule has 1 aliphatic carbocycles. The molecule has 1 saturated carbocycles. The van der Waals surface area contributed by atoms with Crippen molar-refractivity contribution in [2.24, 2.45) is 5.92 Å². The van der Waals surface area contributed by atoms with Crippen molar-refractivity contribution >= 4 is 0 Å². The van der Waals surface area contributed by atoms with Gasteiger partial charge in [-0.25, -0.2) is 4.39 Å². The van der Waals surface area contributed by atoms with Gasteiger partial charge in [0.05, 0.1) is 13.2 Å². The van der Waals surface area contributed by atoms with Crippen molar-refractivity contribution in [1.29, 1.82) is 0 Å². The highest BCUT2D eigenvalue weighted by atomic mass is 19.1. The summed E-state index contributed by atoms with van der Waals surface area (Å²) < 4.78 is 18.4. The van der Waals surface area contributed by atoms with Crippen molar-refractivity contribution in [2.75, 3.05) is 7.11 Å². The van der Waals surface area contributed by atoms with Gasteiger partial charge < -0.3 is 9.84 Å². The Labute approximate surface area is 88.7 Å². The van der Waals surface area contributed by atoms with Gasteiger partial charge in [-0.05, 0) is 24.5 Å². The maximum Gasteiger partial charge on any atom is 0.132 e. The summed E-state index contributed by atoms with van der Waals surface area (Å²) in [6.45, 7) is 0. The molecule has 0 aromatic heterocycles. The molecule has 1 aromatic rings. The minimum absolute atomic E-state index is 0.378. The highest BCUT2D eigenvalue weighted by molar-refractivity contribution is 5.30. The largest absolute Gasteiger partial charge is 0.497 e. The van der Waals surface area contributed by atoms with Crippen molar-refractivity contribution in [2.45, 2.75) is 25.4 Å². The lowest BCUT2D eigenvalue weighted by molar-refractivity contribution is 0.155. The fourth-order valence-electron chi connectivity index (χ4n) is 1.70. The normalized spacial score (nSPS) is 17.5. The Morgan fingerprint density at radius 3 is 2.80 bits per heavy atom. The molecule has 2 nitrogen and oxygen atoms in total. The molecule has 0 spiro atoms. The number of methoxy groups -OCH3 is 1. The average Bonchev–Trinajstić information content (AvgIpc) is 3.01. The van der Waals surface area contributed by atoms with Gasteiger partial charge in [0.1, 0.15) is 11.6 Å². The lowest BCUT2D eigenvalue weighted by atomic mass is 10.0. The van der Waals surface area contributed by atoms with E-state index in [0.717, 1.165) is 12.8 Å². The molecule has 1 aromatic carbocycles. The molecule has 0 heterocycles. The third kappa shape index (κ3) is 2.48. The predicted octanol–water partition coefficient (Wildman–Crippen LogP) is 2.67. The molecule has 1 aliphatic rings. The van der Waals surface area contributed by atoms with Gasteiger partial charge in [0.2, 0.25) is 0 Å². The second-order valence-electron chi connectivity index (χ2n) is 4.08. The topological polar surface area (TPSA) is 29.5 Å². The van der Waals surface area contributed by atoms with E-state index in [4.69, 9.17) is 4.74 Å². The lowest BCUT2D eigenvalue weighted by Crippen LogP contribution is -2.02. The van der Waals surface area contributed by atoms with Crippen LogP contribution < -0.4 is 4.74 Å². The number of hydrogen-bond acceptors (Lipinski definition) is 2. The average molecular weight is 210 g/mol. The number of aliphatic hydroxyl groups excluding tert-OH is 1. The SMILES string of the molecule is COc1ccc(C(O)CC2CC2)c(F)c1. The summed E-state index contributed by atoms with van der Waals surface area (Å²) in [7, 11) is 1.50. The van der Waals surface area contributed by atoms with Crippen LogP contribution in [-0.4, -0.2) is 12.2 Å². The molecule has 1 N–H and O–H groups in total. The van der Waals surface area contributed by atoms with E-state index in [1.165, 1.54) is 13.2 Å². The number of hydrogen-bond donors (Lipinski definition) is 1. The molecule has 0 radical (unpaired) electrons. The van der Waals surface area contributed by atoms with Gasteiger partial charge in [-0.15, -0.1) is 0 Å². The molecule has 1 fully saturated rings. The Morgan fingerprint density at radius 2 is 2.27 bits per heavy atom. The molecule has 1 atom stereocenters. The first-order valence-corrected chi connectivity index (χ1v) is 5.22. The van der Waals surface area contributed by atoms with E-state index in [2.05, 4.69) is 0 Å². The van der Waals surface area contributed by atoms with E-state index in [0.29, 0.717) is 23.7 Å². The number of aliphatic hydroxyl groups is 1. The molecule has 0 saturated heterocycles. The molecule has 82 valence electrons. The van der Waals surface area contributed by atoms with E-state index < -0.39 is 6.10 Å². The van der Waals surface area contributed by atoms with Crippen LogP contribution in [0.25, 0.3) is 0 Å². The van der Waals surface area contributed by atoms with Crippen LogP contribution >= 0.6 is 0 Å². The summed E-state index contributed by atoms with van der Waals surface area (Å²) >= 11 is 0. The standard InChI is InChI=1S/C12H15FO2/c1-15-9-4-5-10(11(13)7-9)12(14)6-8-2-3-8/h4-5,7-8,12,14H,2-3,6H2,1H3. The van der Waals surface area contributed by atoms with Crippen molar-refractivity contribution < 1.29 is 14.2 Å². The van der Waals surface area contributed by atoms with Crippen LogP contribution in [0, 0.1) is 11.7 Å². The van der Waals surface area contributed by atoms with Gasteiger partial charge in [0, 0.05) is 11.6 Å². The molecule has 0 bridgehead atoms.